The molecule has 1 aromatic carbocycles. The van der Waals surface area contributed by atoms with Crippen molar-refractivity contribution in [2.75, 3.05) is 19.6 Å². The van der Waals surface area contributed by atoms with Crippen LogP contribution in [0.5, 0.6) is 0 Å². The van der Waals surface area contributed by atoms with Gasteiger partial charge in [0.2, 0.25) is 0 Å². The number of rotatable bonds is 4. The van der Waals surface area contributed by atoms with Crippen LogP contribution in [0.2, 0.25) is 0 Å². The van der Waals surface area contributed by atoms with Crippen molar-refractivity contribution in [2.24, 2.45) is 0 Å². The van der Waals surface area contributed by atoms with Crippen molar-refractivity contribution in [3.05, 3.63) is 35.9 Å². The van der Waals surface area contributed by atoms with Gasteiger partial charge in [0.1, 0.15) is 0 Å². The van der Waals surface area contributed by atoms with Crippen molar-refractivity contribution in [1.29, 1.82) is 0 Å². The summed E-state index contributed by atoms with van der Waals surface area (Å²) in [6.07, 6.45) is -3.94. The molecule has 0 amide bonds. The molecule has 2 rings (SSSR count). The Morgan fingerprint density at radius 3 is 2.55 bits per heavy atom. The minimum absolute atomic E-state index is 0.0903. The molecule has 0 aliphatic carbocycles. The maximum Gasteiger partial charge on any atom is 0.390 e. The van der Waals surface area contributed by atoms with Gasteiger partial charge in [-0.05, 0) is 12.0 Å². The molecule has 0 aromatic heterocycles. The highest BCUT2D eigenvalue weighted by Crippen LogP contribution is 2.25. The average molecular weight is 286 g/mol. The van der Waals surface area contributed by atoms with Gasteiger partial charge in [-0.25, -0.2) is 0 Å². The lowest BCUT2D eigenvalue weighted by Crippen LogP contribution is -2.53. The van der Waals surface area contributed by atoms with Gasteiger partial charge in [0.05, 0.1) is 6.42 Å². The third-order valence-electron chi connectivity index (χ3n) is 3.89. The minimum Gasteiger partial charge on any atom is -0.307 e. The lowest BCUT2D eigenvalue weighted by Gasteiger charge is -2.40. The molecule has 1 N–H and O–H groups in total. The van der Waals surface area contributed by atoms with E-state index in [0.717, 1.165) is 18.5 Å². The largest absolute Gasteiger partial charge is 0.390 e. The van der Waals surface area contributed by atoms with Crippen molar-refractivity contribution >= 4 is 0 Å². The van der Waals surface area contributed by atoms with E-state index in [1.54, 1.807) is 0 Å². The third-order valence-corrected chi connectivity index (χ3v) is 3.89. The van der Waals surface area contributed by atoms with Gasteiger partial charge >= 0.3 is 6.18 Å². The highest BCUT2D eigenvalue weighted by molar-refractivity contribution is 5.20. The molecule has 1 heterocycles. The topological polar surface area (TPSA) is 15.3 Å². The van der Waals surface area contributed by atoms with Gasteiger partial charge in [0.25, 0.3) is 0 Å². The van der Waals surface area contributed by atoms with Crippen LogP contribution < -0.4 is 5.32 Å². The fraction of sp³-hybridized carbons (Fsp3) is 0.600. The highest BCUT2D eigenvalue weighted by atomic mass is 19.4. The number of alkyl halides is 3. The van der Waals surface area contributed by atoms with E-state index in [9.17, 15) is 13.2 Å². The SMILES string of the molecule is CCC1CNC(c2ccccc2)CN1CCC(F)(F)F. The standard InChI is InChI=1S/C15H21F3N2/c1-2-13-10-19-14(12-6-4-3-5-7-12)11-20(13)9-8-15(16,17)18/h3-7,13-14,19H,2,8-11H2,1H3. The van der Waals surface area contributed by atoms with Gasteiger partial charge in [0, 0.05) is 31.7 Å². The predicted octanol–water partition coefficient (Wildman–Crippen LogP) is 3.36. The van der Waals surface area contributed by atoms with Gasteiger partial charge in [-0.1, -0.05) is 37.3 Å². The Bertz CT molecular complexity index is 405. The van der Waals surface area contributed by atoms with E-state index >= 15 is 0 Å². The summed E-state index contributed by atoms with van der Waals surface area (Å²) in [5.41, 5.74) is 1.14. The second kappa shape index (κ2) is 6.59. The van der Waals surface area contributed by atoms with Crippen LogP contribution in [-0.4, -0.2) is 36.8 Å². The van der Waals surface area contributed by atoms with Crippen molar-refractivity contribution in [2.45, 2.75) is 38.0 Å². The van der Waals surface area contributed by atoms with E-state index in [4.69, 9.17) is 0 Å². The van der Waals surface area contributed by atoms with Crippen LogP contribution >= 0.6 is 0 Å². The molecule has 2 unspecified atom stereocenters. The van der Waals surface area contributed by atoms with Crippen LogP contribution in [-0.2, 0) is 0 Å². The van der Waals surface area contributed by atoms with Crippen LogP contribution in [0.25, 0.3) is 0 Å². The summed E-state index contributed by atoms with van der Waals surface area (Å²) in [4.78, 5) is 1.97. The zero-order valence-electron chi connectivity index (χ0n) is 11.7. The van der Waals surface area contributed by atoms with E-state index in [2.05, 4.69) is 5.32 Å². The molecule has 1 saturated heterocycles. The number of nitrogens with zero attached hydrogens (tertiary/aromatic N) is 1. The van der Waals surface area contributed by atoms with Crippen molar-refractivity contribution in [3.63, 3.8) is 0 Å². The zero-order chi connectivity index (χ0) is 14.6. The summed E-state index contributed by atoms with van der Waals surface area (Å²) in [6, 6.07) is 10.2. The molecule has 1 fully saturated rings. The number of nitrogens with one attached hydrogen (secondary N) is 1. The molecule has 0 radical (unpaired) electrons. The Morgan fingerprint density at radius 1 is 1.25 bits per heavy atom. The number of halogens is 3. The van der Waals surface area contributed by atoms with Gasteiger partial charge in [-0.15, -0.1) is 0 Å². The fourth-order valence-corrected chi connectivity index (χ4v) is 2.71. The first-order valence-corrected chi connectivity index (χ1v) is 7.08. The van der Waals surface area contributed by atoms with Crippen molar-refractivity contribution < 1.29 is 13.2 Å². The predicted molar refractivity (Wildman–Crippen MR) is 73.5 cm³/mol. The molecule has 0 bridgehead atoms. The second-order valence-corrected chi connectivity index (χ2v) is 5.29. The zero-order valence-corrected chi connectivity index (χ0v) is 11.7. The summed E-state index contributed by atoms with van der Waals surface area (Å²) < 4.78 is 37.3. The Kier molecular flexibility index (Phi) is 5.05. The first kappa shape index (κ1) is 15.3. The number of piperazine rings is 1. The molecule has 1 aliphatic heterocycles. The van der Waals surface area contributed by atoms with Gasteiger partial charge in [-0.2, -0.15) is 13.2 Å². The van der Waals surface area contributed by atoms with Crippen LogP contribution in [0.15, 0.2) is 30.3 Å². The first-order valence-electron chi connectivity index (χ1n) is 7.08. The molecule has 1 aliphatic rings. The first-order chi connectivity index (χ1) is 9.49. The molecule has 0 saturated carbocycles. The van der Waals surface area contributed by atoms with E-state index in [1.165, 1.54) is 0 Å². The molecule has 2 nitrogen and oxygen atoms in total. The number of hydrogen-bond donors (Lipinski definition) is 1. The molecular weight excluding hydrogens is 265 g/mol. The Hall–Kier alpha value is -1.07. The molecule has 112 valence electrons. The maximum absolute atomic E-state index is 12.4. The number of benzene rings is 1. The minimum atomic E-state index is -4.08. The lowest BCUT2D eigenvalue weighted by molar-refractivity contribution is -0.140. The van der Waals surface area contributed by atoms with Crippen LogP contribution in [0.3, 0.4) is 0 Å². The summed E-state index contributed by atoms with van der Waals surface area (Å²) in [5, 5.41) is 3.44. The molecule has 0 spiro atoms. The van der Waals surface area contributed by atoms with E-state index < -0.39 is 12.6 Å². The second-order valence-electron chi connectivity index (χ2n) is 5.29. The van der Waals surface area contributed by atoms with Crippen LogP contribution in [0, 0.1) is 0 Å². The summed E-state index contributed by atoms with van der Waals surface area (Å²) >= 11 is 0. The van der Waals surface area contributed by atoms with Crippen molar-refractivity contribution in [3.8, 4) is 0 Å². The lowest BCUT2D eigenvalue weighted by atomic mass is 10.0. The van der Waals surface area contributed by atoms with E-state index in [0.29, 0.717) is 6.54 Å². The van der Waals surface area contributed by atoms with Crippen LogP contribution in [0.4, 0.5) is 13.2 Å². The quantitative estimate of drug-likeness (QED) is 0.913. The Morgan fingerprint density at radius 2 is 1.95 bits per heavy atom. The van der Waals surface area contributed by atoms with E-state index in [1.807, 2.05) is 42.2 Å². The summed E-state index contributed by atoms with van der Waals surface area (Å²) in [7, 11) is 0. The van der Waals surface area contributed by atoms with Gasteiger partial charge in [0.15, 0.2) is 0 Å². The smallest absolute Gasteiger partial charge is 0.307 e. The maximum atomic E-state index is 12.4. The normalized spacial score (nSPS) is 24.8. The number of hydrogen-bond acceptors (Lipinski definition) is 2. The third kappa shape index (κ3) is 4.21. The highest BCUT2D eigenvalue weighted by Gasteiger charge is 2.32. The molecule has 1 aromatic rings. The average Bonchev–Trinajstić information content (AvgIpc) is 2.45. The summed E-state index contributed by atoms with van der Waals surface area (Å²) in [6.45, 7) is 3.50. The van der Waals surface area contributed by atoms with Crippen LogP contribution in [0.1, 0.15) is 31.4 Å². The van der Waals surface area contributed by atoms with Crippen molar-refractivity contribution in [1.82, 2.24) is 10.2 Å². The monoisotopic (exact) mass is 286 g/mol. The van der Waals surface area contributed by atoms with Gasteiger partial charge in [-0.3, -0.25) is 4.90 Å². The molecule has 5 heteroatoms. The van der Waals surface area contributed by atoms with E-state index in [-0.39, 0.29) is 18.6 Å². The molecule has 20 heavy (non-hydrogen) atoms. The Labute approximate surface area is 118 Å². The van der Waals surface area contributed by atoms with Gasteiger partial charge < -0.3 is 5.32 Å². The Balaban J connectivity index is 2.00. The summed E-state index contributed by atoms with van der Waals surface area (Å²) in [5.74, 6) is 0. The molecule has 2 atom stereocenters. The molecular formula is C15H21F3N2. The fourth-order valence-electron chi connectivity index (χ4n) is 2.71.